The Morgan fingerprint density at radius 3 is 0.892 bits per heavy atom. The van der Waals surface area contributed by atoms with Crippen LogP contribution in [0.3, 0.4) is 0 Å². The van der Waals surface area contributed by atoms with Gasteiger partial charge in [-0.2, -0.15) is 0 Å². The molecule has 9 aromatic carbocycles. The fraction of sp³-hybridized carbons (Fsp3) is 0.229. The number of halogens is 2. The summed E-state index contributed by atoms with van der Waals surface area (Å²) in [6, 6.07) is 74.8. The first-order valence-electron chi connectivity index (χ1n) is 26.9. The average Bonchev–Trinajstić information content (AvgIpc) is 3.46. The monoisotopic (exact) mass is 1100 g/mol. The van der Waals surface area contributed by atoms with Crippen LogP contribution in [0.2, 0.25) is 0 Å². The third kappa shape index (κ3) is 12.5. The van der Waals surface area contributed by atoms with Crippen molar-refractivity contribution in [3.8, 4) is 101 Å². The molecule has 0 saturated carbocycles. The lowest BCUT2D eigenvalue weighted by atomic mass is 9.83. The third-order valence-corrected chi connectivity index (χ3v) is 16.0. The molecule has 2 nitrogen and oxygen atoms in total. The smallest absolute Gasteiger partial charge is 0.119 e. The minimum atomic E-state index is 0.567. The second-order valence-electron chi connectivity index (χ2n) is 19.7. The molecule has 0 aromatic heterocycles. The summed E-state index contributed by atoms with van der Waals surface area (Å²) in [5.41, 5.74) is 18.4. The van der Waals surface area contributed by atoms with Crippen LogP contribution in [0.5, 0.6) is 11.5 Å². The fourth-order valence-electron chi connectivity index (χ4n) is 10.2. The van der Waals surface area contributed by atoms with Crippen LogP contribution in [0.15, 0.2) is 215 Å². The Kier molecular flexibility index (Phi) is 18.2. The molecule has 2 atom stereocenters. The molecule has 9 rings (SSSR count). The van der Waals surface area contributed by atoms with Crippen molar-refractivity contribution in [2.45, 2.75) is 79.1 Å². The summed E-state index contributed by atoms with van der Waals surface area (Å²) in [4.78, 5) is 0. The van der Waals surface area contributed by atoms with Crippen LogP contribution in [0.25, 0.3) is 89.0 Å². The Labute approximate surface area is 458 Å². The fourth-order valence-corrected chi connectivity index (χ4v) is 11.4. The predicted molar refractivity (Wildman–Crippen MR) is 323 cm³/mol. The highest BCUT2D eigenvalue weighted by molar-refractivity contribution is 9.11. The molecule has 74 heavy (non-hydrogen) atoms. The minimum Gasteiger partial charge on any atom is -0.493 e. The number of ether oxygens (including phenoxy) is 2. The Morgan fingerprint density at radius 2 is 0.622 bits per heavy atom. The summed E-state index contributed by atoms with van der Waals surface area (Å²) in [6.45, 7) is 10.6. The van der Waals surface area contributed by atoms with Gasteiger partial charge in [-0.25, -0.2) is 0 Å². The first-order valence-corrected chi connectivity index (χ1v) is 28.5. The molecule has 0 aliphatic carbocycles. The Morgan fingerprint density at radius 1 is 0.324 bits per heavy atom. The van der Waals surface area contributed by atoms with E-state index in [1.54, 1.807) is 0 Å². The summed E-state index contributed by atoms with van der Waals surface area (Å²) < 4.78 is 14.9. The van der Waals surface area contributed by atoms with E-state index in [0.717, 1.165) is 102 Å². The van der Waals surface area contributed by atoms with Crippen molar-refractivity contribution in [3.63, 3.8) is 0 Å². The maximum absolute atomic E-state index is 6.42. The normalized spacial score (nSPS) is 12.1. The molecule has 374 valence electrons. The SMILES string of the molecule is CCCCC(CC)COc1ccc(-c2c(-c3ccccc3)cc(-c3cc(Br)c(-c4cc(-c5ccccc5)c(-c5ccc(OCC(CC)CCCC)cc5)c(-c5ccccc5)c4)cc3Br)cc2-c2ccccc2)cc1. The largest absolute Gasteiger partial charge is 0.493 e. The number of rotatable bonds is 22. The van der Waals surface area contributed by atoms with Gasteiger partial charge in [0.2, 0.25) is 0 Å². The molecule has 0 spiro atoms. The maximum atomic E-state index is 6.42. The Balaban J connectivity index is 1.15. The number of benzene rings is 9. The molecule has 0 amide bonds. The predicted octanol–water partition coefficient (Wildman–Crippen LogP) is 21.7. The molecule has 0 aliphatic heterocycles. The molecule has 0 aliphatic rings. The summed E-state index contributed by atoms with van der Waals surface area (Å²) >= 11 is 8.34. The van der Waals surface area contributed by atoms with E-state index in [-0.39, 0.29) is 0 Å². The van der Waals surface area contributed by atoms with Gasteiger partial charge in [-0.15, -0.1) is 0 Å². The highest BCUT2D eigenvalue weighted by Gasteiger charge is 2.22. The number of hydrogen-bond acceptors (Lipinski definition) is 2. The van der Waals surface area contributed by atoms with Gasteiger partial charge in [0, 0.05) is 8.95 Å². The molecule has 4 heteroatoms. The van der Waals surface area contributed by atoms with Gasteiger partial charge in [-0.1, -0.05) is 244 Å². The van der Waals surface area contributed by atoms with Crippen LogP contribution in [0, 0.1) is 11.8 Å². The van der Waals surface area contributed by atoms with E-state index in [9.17, 15) is 0 Å². The van der Waals surface area contributed by atoms with E-state index < -0.39 is 0 Å². The molecule has 0 saturated heterocycles. The molecular weight excluding hydrogens is 1030 g/mol. The maximum Gasteiger partial charge on any atom is 0.119 e. The zero-order valence-corrected chi connectivity index (χ0v) is 46.6. The second-order valence-corrected chi connectivity index (χ2v) is 21.4. The van der Waals surface area contributed by atoms with Gasteiger partial charge in [0.1, 0.15) is 11.5 Å². The van der Waals surface area contributed by atoms with Gasteiger partial charge in [0.15, 0.2) is 0 Å². The lowest BCUT2D eigenvalue weighted by Crippen LogP contribution is -2.11. The minimum absolute atomic E-state index is 0.567. The van der Waals surface area contributed by atoms with Gasteiger partial charge >= 0.3 is 0 Å². The van der Waals surface area contributed by atoms with Crippen molar-refractivity contribution in [2.24, 2.45) is 11.8 Å². The topological polar surface area (TPSA) is 18.5 Å². The average molecular weight is 1100 g/mol. The molecule has 0 N–H and O–H groups in total. The van der Waals surface area contributed by atoms with E-state index >= 15 is 0 Å². The zero-order valence-electron chi connectivity index (χ0n) is 43.4. The second kappa shape index (κ2) is 25.7. The van der Waals surface area contributed by atoms with Crippen molar-refractivity contribution < 1.29 is 9.47 Å². The molecule has 2 unspecified atom stereocenters. The summed E-state index contributed by atoms with van der Waals surface area (Å²) in [6.07, 6.45) is 9.57. The zero-order chi connectivity index (χ0) is 51.2. The highest BCUT2D eigenvalue weighted by atomic mass is 79.9. The van der Waals surface area contributed by atoms with Crippen molar-refractivity contribution in [2.75, 3.05) is 13.2 Å². The van der Waals surface area contributed by atoms with Crippen molar-refractivity contribution in [1.82, 2.24) is 0 Å². The summed E-state index contributed by atoms with van der Waals surface area (Å²) in [5, 5.41) is 0. The van der Waals surface area contributed by atoms with Crippen LogP contribution in [-0.4, -0.2) is 13.2 Å². The Bertz CT molecular complexity index is 2860. The molecule has 9 aromatic rings. The van der Waals surface area contributed by atoms with Gasteiger partial charge in [0.25, 0.3) is 0 Å². The lowest BCUT2D eigenvalue weighted by Gasteiger charge is -2.21. The van der Waals surface area contributed by atoms with Crippen LogP contribution >= 0.6 is 31.9 Å². The highest BCUT2D eigenvalue weighted by Crippen LogP contribution is 2.49. The van der Waals surface area contributed by atoms with E-state index in [1.165, 1.54) is 71.9 Å². The Hall–Kier alpha value is -6.46. The number of hydrogen-bond donors (Lipinski definition) is 0. The van der Waals surface area contributed by atoms with E-state index in [0.29, 0.717) is 11.8 Å². The van der Waals surface area contributed by atoms with Crippen LogP contribution < -0.4 is 9.47 Å². The van der Waals surface area contributed by atoms with Crippen molar-refractivity contribution in [1.29, 1.82) is 0 Å². The first kappa shape index (κ1) is 52.4. The quantitative estimate of drug-likeness (QED) is 0.0673. The van der Waals surface area contributed by atoms with Gasteiger partial charge in [-0.05, 0) is 174 Å². The van der Waals surface area contributed by atoms with Crippen molar-refractivity contribution >= 4 is 31.9 Å². The van der Waals surface area contributed by atoms with Crippen LogP contribution in [-0.2, 0) is 0 Å². The van der Waals surface area contributed by atoms with Gasteiger partial charge in [0.05, 0.1) is 13.2 Å². The lowest BCUT2D eigenvalue weighted by molar-refractivity contribution is 0.233. The molecule has 0 bridgehead atoms. The molecule has 0 heterocycles. The van der Waals surface area contributed by atoms with Crippen molar-refractivity contribution in [3.05, 3.63) is 215 Å². The first-order chi connectivity index (χ1) is 36.3. The van der Waals surface area contributed by atoms with Gasteiger partial charge < -0.3 is 9.47 Å². The third-order valence-electron chi connectivity index (χ3n) is 14.6. The summed E-state index contributed by atoms with van der Waals surface area (Å²) in [5.74, 6) is 2.96. The van der Waals surface area contributed by atoms with Gasteiger partial charge in [-0.3, -0.25) is 0 Å². The molecule has 0 radical (unpaired) electrons. The number of unbranched alkanes of at least 4 members (excludes halogenated alkanes) is 2. The van der Waals surface area contributed by atoms with E-state index in [1.807, 2.05) is 0 Å². The molecular formula is C70H68Br2O2. The summed E-state index contributed by atoms with van der Waals surface area (Å²) in [7, 11) is 0. The van der Waals surface area contributed by atoms with Crippen LogP contribution in [0.4, 0.5) is 0 Å². The molecule has 0 fully saturated rings. The van der Waals surface area contributed by atoms with E-state index in [4.69, 9.17) is 9.47 Å². The van der Waals surface area contributed by atoms with E-state index in [2.05, 4.69) is 266 Å². The standard InChI is InChI=1S/C70H68Br2O2/c1-5-9-23-49(7-3)47-73-59-37-33-55(34-38-59)69-63(51-25-15-11-16-26-51)41-57(42-64(69)52-27-17-12-18-28-52)61-45-68(72)62(46-67(61)71)58-43-65(53-29-19-13-20-30-53)70(66(44-58)54-31-21-14-22-32-54)56-35-39-60(40-36-56)74-48-50(8-4)24-10-6-2/h11-22,25-46,49-50H,5-10,23-24,47-48H2,1-4H3. The van der Waals surface area contributed by atoms with Crippen LogP contribution in [0.1, 0.15) is 79.1 Å².